The number of sulfonamides is 1. The summed E-state index contributed by atoms with van der Waals surface area (Å²) in [6, 6.07) is 21.1. The van der Waals surface area contributed by atoms with Gasteiger partial charge in [0.25, 0.3) is 0 Å². The van der Waals surface area contributed by atoms with E-state index >= 15 is 0 Å². The second-order valence-electron chi connectivity index (χ2n) is 9.42. The molecule has 10 heteroatoms. The summed E-state index contributed by atoms with van der Waals surface area (Å²) < 4.78 is 23.6. The summed E-state index contributed by atoms with van der Waals surface area (Å²) in [6.45, 7) is 0.675. The molecule has 1 spiro atoms. The maximum Gasteiger partial charge on any atom is 0.314 e. The van der Waals surface area contributed by atoms with Crippen molar-refractivity contribution in [3.63, 3.8) is 0 Å². The average Bonchev–Trinajstić information content (AvgIpc) is 3.10. The van der Waals surface area contributed by atoms with Crippen molar-refractivity contribution >= 4 is 38.4 Å². The Balaban J connectivity index is 1.46. The van der Waals surface area contributed by atoms with Crippen molar-refractivity contribution in [2.45, 2.75) is 16.9 Å². The van der Waals surface area contributed by atoms with Crippen molar-refractivity contribution in [2.75, 3.05) is 18.0 Å². The van der Waals surface area contributed by atoms with Gasteiger partial charge in [-0.15, -0.1) is 0 Å². The number of nitrogens with two attached hydrogens (primary N) is 2. The van der Waals surface area contributed by atoms with Gasteiger partial charge in [0.1, 0.15) is 5.41 Å². The van der Waals surface area contributed by atoms with E-state index in [1.165, 1.54) is 17.0 Å². The first kappa shape index (κ1) is 23.1. The molecular formula is C27H23N5O4S. The number of aromatic nitrogens is 1. The summed E-state index contributed by atoms with van der Waals surface area (Å²) in [4.78, 5) is 33.5. The van der Waals surface area contributed by atoms with E-state index in [1.807, 2.05) is 48.5 Å². The van der Waals surface area contributed by atoms with Gasteiger partial charge >= 0.3 is 6.03 Å². The molecule has 1 saturated heterocycles. The predicted octanol–water partition coefficient (Wildman–Crippen LogP) is 2.73. The van der Waals surface area contributed by atoms with Crippen LogP contribution in [0.25, 0.3) is 21.9 Å². The highest BCUT2D eigenvalue weighted by atomic mass is 32.2. The number of pyridine rings is 1. The number of hydrogen-bond donors (Lipinski definition) is 2. The summed E-state index contributed by atoms with van der Waals surface area (Å²) >= 11 is 0. The van der Waals surface area contributed by atoms with Gasteiger partial charge in [0.2, 0.25) is 15.9 Å². The Bertz CT molecular complexity index is 1700. The Kier molecular flexibility index (Phi) is 5.08. The predicted molar refractivity (Wildman–Crippen MR) is 139 cm³/mol. The molecule has 4 aromatic rings. The molecule has 4 N–H and O–H groups in total. The van der Waals surface area contributed by atoms with Crippen LogP contribution >= 0.6 is 0 Å². The van der Waals surface area contributed by atoms with Gasteiger partial charge in [0.05, 0.1) is 17.1 Å². The summed E-state index contributed by atoms with van der Waals surface area (Å²) in [5.41, 5.74) is 8.50. The molecule has 2 aliphatic heterocycles. The maximum absolute atomic E-state index is 13.8. The Morgan fingerprint density at radius 1 is 0.973 bits per heavy atom. The zero-order valence-electron chi connectivity index (χ0n) is 19.7. The smallest absolute Gasteiger partial charge is 0.314 e. The van der Waals surface area contributed by atoms with Crippen molar-refractivity contribution in [2.24, 2.45) is 10.9 Å². The van der Waals surface area contributed by atoms with E-state index in [2.05, 4.69) is 0 Å². The third kappa shape index (κ3) is 3.56. The Morgan fingerprint density at radius 2 is 1.65 bits per heavy atom. The monoisotopic (exact) mass is 513 g/mol. The van der Waals surface area contributed by atoms with Gasteiger partial charge in [-0.3, -0.25) is 9.78 Å². The van der Waals surface area contributed by atoms with E-state index in [0.29, 0.717) is 5.69 Å². The largest absolute Gasteiger partial charge is 0.351 e. The van der Waals surface area contributed by atoms with Crippen LogP contribution in [-0.4, -0.2) is 43.3 Å². The summed E-state index contributed by atoms with van der Waals surface area (Å²) in [7, 11) is -3.84. The van der Waals surface area contributed by atoms with Crippen molar-refractivity contribution < 1.29 is 18.0 Å². The van der Waals surface area contributed by atoms with Gasteiger partial charge in [0.15, 0.2) is 0 Å². The number of urea groups is 1. The molecule has 1 aromatic heterocycles. The Morgan fingerprint density at radius 3 is 2.35 bits per heavy atom. The number of rotatable bonds is 4. The highest BCUT2D eigenvalue weighted by Crippen LogP contribution is 2.48. The number of primary amides is 1. The van der Waals surface area contributed by atoms with E-state index in [1.54, 1.807) is 23.2 Å². The lowest BCUT2D eigenvalue weighted by Crippen LogP contribution is -2.66. The molecule has 9 nitrogen and oxygen atoms in total. The van der Waals surface area contributed by atoms with Crippen LogP contribution in [0.15, 0.2) is 83.9 Å². The minimum Gasteiger partial charge on any atom is -0.351 e. The zero-order chi connectivity index (χ0) is 25.9. The molecule has 0 aliphatic carbocycles. The third-order valence-electron chi connectivity index (χ3n) is 7.26. The van der Waals surface area contributed by atoms with Crippen LogP contribution < -0.4 is 15.8 Å². The van der Waals surface area contributed by atoms with Gasteiger partial charge in [0, 0.05) is 35.9 Å². The van der Waals surface area contributed by atoms with Crippen LogP contribution in [-0.2, 0) is 26.8 Å². The second-order valence-corrected chi connectivity index (χ2v) is 11.0. The number of benzene rings is 3. The van der Waals surface area contributed by atoms with Gasteiger partial charge in [-0.25, -0.2) is 18.4 Å². The molecule has 2 aliphatic rings. The Hall–Kier alpha value is -4.28. The van der Waals surface area contributed by atoms with E-state index < -0.39 is 21.5 Å². The summed E-state index contributed by atoms with van der Waals surface area (Å²) in [6.07, 6.45) is 1.77. The van der Waals surface area contributed by atoms with Crippen LogP contribution in [0.5, 0.6) is 0 Å². The minimum absolute atomic E-state index is 0.0144. The third-order valence-corrected chi connectivity index (χ3v) is 8.18. The van der Waals surface area contributed by atoms with Gasteiger partial charge < -0.3 is 15.5 Å². The lowest BCUT2D eigenvalue weighted by atomic mass is 9.75. The molecule has 3 aromatic carbocycles. The second kappa shape index (κ2) is 8.12. The van der Waals surface area contributed by atoms with Gasteiger partial charge in [-0.05, 0) is 34.7 Å². The van der Waals surface area contributed by atoms with Crippen LogP contribution in [0.1, 0.15) is 11.3 Å². The normalized spacial score (nSPS) is 16.2. The van der Waals surface area contributed by atoms with E-state index in [0.717, 1.165) is 33.2 Å². The fourth-order valence-electron chi connectivity index (χ4n) is 5.43. The number of likely N-dealkylation sites (tertiary alicyclic amines) is 1. The lowest BCUT2D eigenvalue weighted by molar-refractivity contribution is -0.127. The van der Waals surface area contributed by atoms with Crippen molar-refractivity contribution in [3.05, 3.63) is 90.3 Å². The van der Waals surface area contributed by atoms with Crippen LogP contribution in [0.4, 0.5) is 10.5 Å². The number of nitrogens with zero attached hydrogens (tertiary/aromatic N) is 3. The molecule has 6 rings (SSSR count). The zero-order valence-corrected chi connectivity index (χ0v) is 20.5. The van der Waals surface area contributed by atoms with E-state index in [-0.39, 0.29) is 30.4 Å². The van der Waals surface area contributed by atoms with Crippen LogP contribution in [0.3, 0.4) is 0 Å². The minimum atomic E-state index is -3.84. The lowest BCUT2D eigenvalue weighted by Gasteiger charge is -2.45. The molecule has 0 unspecified atom stereocenters. The van der Waals surface area contributed by atoms with E-state index in [4.69, 9.17) is 15.9 Å². The molecular weight excluding hydrogens is 490 g/mol. The highest BCUT2D eigenvalue weighted by Gasteiger charge is 2.59. The first-order chi connectivity index (χ1) is 17.7. The molecule has 1 fully saturated rings. The van der Waals surface area contributed by atoms with Gasteiger partial charge in [-0.2, -0.15) is 0 Å². The number of para-hydroxylation sites is 1. The first-order valence-corrected chi connectivity index (χ1v) is 13.2. The molecule has 37 heavy (non-hydrogen) atoms. The fourth-order valence-corrected chi connectivity index (χ4v) is 5.94. The number of anilines is 1. The topological polar surface area (TPSA) is 140 Å². The number of carbonyl (C=O) groups excluding carboxylic acids is 2. The van der Waals surface area contributed by atoms with Crippen molar-refractivity contribution in [3.8, 4) is 11.1 Å². The first-order valence-electron chi connectivity index (χ1n) is 11.6. The SMILES string of the molecule is NC(=O)N1CC2(C1)C(=O)N(Cc1ncc3ccccc3c1-c1ccc(S(N)(=O)=O)cc1)c1ccccc12. The fraction of sp³-hybridized carbons (Fsp3) is 0.148. The quantitative estimate of drug-likeness (QED) is 0.432. The Labute approximate surface area is 213 Å². The molecule has 0 saturated carbocycles. The van der Waals surface area contributed by atoms with E-state index in [9.17, 15) is 18.0 Å². The summed E-state index contributed by atoms with van der Waals surface area (Å²) in [5, 5.41) is 7.13. The molecule has 0 bridgehead atoms. The maximum atomic E-state index is 13.8. The number of amides is 3. The average molecular weight is 514 g/mol. The van der Waals surface area contributed by atoms with Crippen LogP contribution in [0, 0.1) is 0 Å². The number of fused-ring (bicyclic) bond motifs is 3. The highest BCUT2D eigenvalue weighted by molar-refractivity contribution is 7.89. The molecule has 3 heterocycles. The molecule has 186 valence electrons. The van der Waals surface area contributed by atoms with Crippen LogP contribution in [0.2, 0.25) is 0 Å². The molecule has 0 atom stereocenters. The number of primary sulfonamides is 1. The molecule has 0 radical (unpaired) electrons. The van der Waals surface area contributed by atoms with Crippen molar-refractivity contribution in [1.29, 1.82) is 0 Å². The van der Waals surface area contributed by atoms with Crippen molar-refractivity contribution in [1.82, 2.24) is 9.88 Å². The molecule has 3 amide bonds. The standard InChI is InChI=1S/C27H23N5O4S/c28-26(34)31-15-27(16-31)21-7-3-4-8-23(21)32(25(27)33)14-22-24(20-6-2-1-5-18(20)13-30-22)17-9-11-19(12-10-17)37(29,35)36/h1-13H,14-16H2,(H2,28,34)(H2,29,35,36). The number of hydrogen-bond acceptors (Lipinski definition) is 5. The number of carbonyl (C=O) groups is 2. The van der Waals surface area contributed by atoms with Gasteiger partial charge in [-0.1, -0.05) is 54.6 Å². The summed E-state index contributed by atoms with van der Waals surface area (Å²) in [5.74, 6) is -0.100.